The Labute approximate surface area is 108 Å². The van der Waals surface area contributed by atoms with E-state index in [2.05, 4.69) is 21.1 Å². The molecule has 0 aromatic carbocycles. The van der Waals surface area contributed by atoms with Crippen molar-refractivity contribution in [1.82, 2.24) is 10.9 Å². The van der Waals surface area contributed by atoms with Crippen LogP contribution < -0.4 is 10.9 Å². The molecular weight excluding hydrogens is 232 g/mol. The predicted octanol–water partition coefficient (Wildman–Crippen LogP) is 1.28. The van der Waals surface area contributed by atoms with E-state index in [1.807, 2.05) is 27.7 Å². The van der Waals surface area contributed by atoms with Gasteiger partial charge in [-0.05, 0) is 0 Å². The highest BCUT2D eigenvalue weighted by Gasteiger charge is 2.34. The molecule has 0 spiro atoms. The summed E-state index contributed by atoms with van der Waals surface area (Å²) in [5, 5.41) is 7.76. The Balaban J connectivity index is 4.73. The molecule has 0 aromatic heterocycles. The third-order valence-electron chi connectivity index (χ3n) is 2.88. The Kier molecular flexibility index (Phi) is 5.68. The van der Waals surface area contributed by atoms with Gasteiger partial charge in [0.2, 0.25) is 11.8 Å². The summed E-state index contributed by atoms with van der Waals surface area (Å²) in [6.45, 7) is 10.7. The third-order valence-corrected chi connectivity index (χ3v) is 2.88. The quantitative estimate of drug-likeness (QED) is 0.572. The van der Waals surface area contributed by atoms with Crippen molar-refractivity contribution in [1.29, 1.82) is 0 Å². The Morgan fingerprint density at radius 2 is 1.11 bits per heavy atom. The zero-order chi connectivity index (χ0) is 14.4. The largest absolute Gasteiger partial charge is 0.274 e. The first-order chi connectivity index (χ1) is 8.08. The van der Waals surface area contributed by atoms with E-state index >= 15 is 0 Å². The lowest BCUT2D eigenvalue weighted by atomic mass is 9.69. The van der Waals surface area contributed by atoms with Crippen LogP contribution in [0.1, 0.15) is 41.5 Å². The molecule has 0 atom stereocenters. The van der Waals surface area contributed by atoms with E-state index in [1.165, 1.54) is 13.8 Å². The maximum atomic E-state index is 10.7. The number of nitrogens with one attached hydrogen (secondary N) is 2. The summed E-state index contributed by atoms with van der Waals surface area (Å²) >= 11 is 0. The molecular formula is C12H22N4O2. The van der Waals surface area contributed by atoms with Gasteiger partial charge in [-0.1, -0.05) is 27.7 Å². The van der Waals surface area contributed by atoms with Crippen LogP contribution in [-0.2, 0) is 9.59 Å². The molecule has 6 heteroatoms. The number of hydrogen-bond donors (Lipinski definition) is 2. The predicted molar refractivity (Wildman–Crippen MR) is 72.2 cm³/mol. The maximum absolute atomic E-state index is 10.7. The first-order valence-electron chi connectivity index (χ1n) is 5.70. The molecule has 0 saturated carbocycles. The minimum absolute atomic E-state index is 0.216. The smallest absolute Gasteiger partial charge is 0.236 e. The Bertz CT molecular complexity index is 334. The second-order valence-electron chi connectivity index (χ2n) is 5.30. The summed E-state index contributed by atoms with van der Waals surface area (Å²) in [4.78, 5) is 21.5. The van der Waals surface area contributed by atoms with Crippen LogP contribution in [0.2, 0.25) is 0 Å². The monoisotopic (exact) mass is 254 g/mol. The lowest BCUT2D eigenvalue weighted by Gasteiger charge is -2.35. The molecule has 0 bridgehead atoms. The van der Waals surface area contributed by atoms with Gasteiger partial charge in [-0.15, -0.1) is 0 Å². The van der Waals surface area contributed by atoms with Crippen LogP contribution in [0.3, 0.4) is 0 Å². The van der Waals surface area contributed by atoms with Gasteiger partial charge in [-0.25, -0.2) is 10.9 Å². The zero-order valence-electron chi connectivity index (χ0n) is 11.9. The van der Waals surface area contributed by atoms with Gasteiger partial charge in [-0.3, -0.25) is 9.59 Å². The molecule has 0 aliphatic heterocycles. The summed E-state index contributed by atoms with van der Waals surface area (Å²) in [7, 11) is 0. The van der Waals surface area contributed by atoms with E-state index in [1.54, 1.807) is 12.4 Å². The van der Waals surface area contributed by atoms with Gasteiger partial charge in [0.1, 0.15) is 0 Å². The first-order valence-corrected chi connectivity index (χ1v) is 5.70. The number of amides is 2. The van der Waals surface area contributed by atoms with E-state index in [0.717, 1.165) is 0 Å². The zero-order valence-corrected chi connectivity index (χ0v) is 11.9. The van der Waals surface area contributed by atoms with Crippen LogP contribution >= 0.6 is 0 Å². The molecule has 0 heterocycles. The van der Waals surface area contributed by atoms with E-state index in [-0.39, 0.29) is 22.6 Å². The number of carbonyl (C=O) groups is 2. The fourth-order valence-electron chi connectivity index (χ4n) is 0.902. The van der Waals surface area contributed by atoms with Crippen molar-refractivity contribution in [2.45, 2.75) is 41.5 Å². The van der Waals surface area contributed by atoms with Crippen molar-refractivity contribution in [3.05, 3.63) is 0 Å². The van der Waals surface area contributed by atoms with Gasteiger partial charge >= 0.3 is 0 Å². The van der Waals surface area contributed by atoms with Gasteiger partial charge in [0.25, 0.3) is 0 Å². The molecule has 0 radical (unpaired) electrons. The van der Waals surface area contributed by atoms with Crippen molar-refractivity contribution < 1.29 is 9.59 Å². The van der Waals surface area contributed by atoms with Crippen molar-refractivity contribution >= 4 is 24.2 Å². The topological polar surface area (TPSA) is 82.9 Å². The van der Waals surface area contributed by atoms with E-state index in [0.29, 0.717) is 0 Å². The minimum Gasteiger partial charge on any atom is -0.274 e. The molecule has 2 amide bonds. The fourth-order valence-corrected chi connectivity index (χ4v) is 0.902. The fraction of sp³-hybridized carbons (Fsp3) is 0.667. The normalized spacial score (nSPS) is 13.0. The molecule has 0 rings (SSSR count). The van der Waals surface area contributed by atoms with Crippen LogP contribution in [0.15, 0.2) is 10.2 Å². The average molecular weight is 254 g/mol. The lowest BCUT2D eigenvalue weighted by Crippen LogP contribution is -2.36. The van der Waals surface area contributed by atoms with Gasteiger partial charge in [0.05, 0.1) is 0 Å². The molecule has 0 aliphatic carbocycles. The molecule has 18 heavy (non-hydrogen) atoms. The van der Waals surface area contributed by atoms with Crippen LogP contribution in [0.5, 0.6) is 0 Å². The SMILES string of the molecule is CC(=O)N/N=C\C(C)(C)C(C)(C)/C=N/NC(C)=O. The van der Waals surface area contributed by atoms with E-state index in [9.17, 15) is 9.59 Å². The Morgan fingerprint density at radius 1 is 0.833 bits per heavy atom. The minimum atomic E-state index is -0.336. The maximum Gasteiger partial charge on any atom is 0.236 e. The molecule has 2 N–H and O–H groups in total. The third kappa shape index (κ3) is 5.56. The van der Waals surface area contributed by atoms with Crippen LogP contribution in [0.4, 0.5) is 0 Å². The van der Waals surface area contributed by atoms with Crippen LogP contribution in [-0.4, -0.2) is 24.2 Å². The second kappa shape index (κ2) is 6.28. The number of hydrogen-bond acceptors (Lipinski definition) is 4. The number of rotatable bonds is 5. The number of carbonyl (C=O) groups excluding carboxylic acids is 2. The summed E-state index contributed by atoms with van der Waals surface area (Å²) in [6, 6.07) is 0. The molecule has 0 fully saturated rings. The highest BCUT2D eigenvalue weighted by atomic mass is 16.2. The number of hydrazone groups is 2. The lowest BCUT2D eigenvalue weighted by molar-refractivity contribution is -0.119. The molecule has 6 nitrogen and oxygen atoms in total. The van der Waals surface area contributed by atoms with Gasteiger partial charge < -0.3 is 0 Å². The summed E-state index contributed by atoms with van der Waals surface area (Å²) in [5.41, 5.74) is 4.06. The molecule has 102 valence electrons. The second-order valence-corrected chi connectivity index (χ2v) is 5.30. The standard InChI is InChI=1S/C12H22N4O2/c1-9(17)15-13-7-11(3,4)12(5,6)8-14-16-10(2)18/h7-8H,1-6H3,(H,15,17)(H,16,18)/b13-7-,14-8+. The van der Waals surface area contributed by atoms with Crippen molar-refractivity contribution in [2.24, 2.45) is 21.0 Å². The number of nitrogens with zero attached hydrogens (tertiary/aromatic N) is 2. The summed E-state index contributed by atoms with van der Waals surface area (Å²) < 4.78 is 0. The van der Waals surface area contributed by atoms with Gasteiger partial charge in [0.15, 0.2) is 0 Å². The van der Waals surface area contributed by atoms with Gasteiger partial charge in [-0.2, -0.15) is 10.2 Å². The first kappa shape index (κ1) is 16.3. The van der Waals surface area contributed by atoms with Crippen molar-refractivity contribution in [3.8, 4) is 0 Å². The van der Waals surface area contributed by atoms with Crippen molar-refractivity contribution in [3.63, 3.8) is 0 Å². The highest BCUT2D eigenvalue weighted by molar-refractivity contribution is 5.80. The molecule has 0 aromatic rings. The van der Waals surface area contributed by atoms with Crippen molar-refractivity contribution in [2.75, 3.05) is 0 Å². The van der Waals surface area contributed by atoms with Gasteiger partial charge in [0, 0.05) is 37.1 Å². The molecule has 0 aliphatic rings. The molecule has 0 saturated heterocycles. The van der Waals surface area contributed by atoms with E-state index < -0.39 is 0 Å². The van der Waals surface area contributed by atoms with Crippen LogP contribution in [0, 0.1) is 10.8 Å². The van der Waals surface area contributed by atoms with Crippen LogP contribution in [0.25, 0.3) is 0 Å². The Morgan fingerprint density at radius 3 is 1.33 bits per heavy atom. The molecule has 0 unspecified atom stereocenters. The summed E-state index contributed by atoms with van der Waals surface area (Å²) in [5.74, 6) is -0.432. The van der Waals surface area contributed by atoms with E-state index in [4.69, 9.17) is 0 Å². The highest BCUT2D eigenvalue weighted by Crippen LogP contribution is 2.34. The average Bonchev–Trinajstić information content (AvgIpc) is 2.15. The summed E-state index contributed by atoms with van der Waals surface area (Å²) in [6.07, 6.45) is 3.32. The Hall–Kier alpha value is -1.72.